The van der Waals surface area contributed by atoms with Gasteiger partial charge in [-0.2, -0.15) is 0 Å². The van der Waals surface area contributed by atoms with Crippen molar-refractivity contribution >= 4 is 25.0 Å². The summed E-state index contributed by atoms with van der Waals surface area (Å²) in [6.45, 7) is 5.54. The van der Waals surface area contributed by atoms with Crippen LogP contribution in [0.4, 0.5) is 4.32 Å². The molecule has 2 aliphatic rings. The van der Waals surface area contributed by atoms with E-state index in [9.17, 15) is 14.2 Å². The standard InChI is InChI=1S/C13H12BFN2O2/c1-7-4-9(3)16-10(7)6-11-8(2)5-12(13(18)19)17(11)14(16)15/h4-6H,1-3H3/p+1. The third-order valence-electron chi connectivity index (χ3n) is 3.66. The van der Waals surface area contributed by atoms with Crippen LogP contribution in [0.3, 0.4) is 0 Å². The topological polar surface area (TPSA) is 45.2 Å². The van der Waals surface area contributed by atoms with Crippen molar-refractivity contribution in [3.8, 4) is 0 Å². The van der Waals surface area contributed by atoms with Crippen LogP contribution < -0.4 is 0 Å². The Morgan fingerprint density at radius 2 is 2.05 bits per heavy atom. The fourth-order valence-corrected chi connectivity index (χ4v) is 2.79. The van der Waals surface area contributed by atoms with Gasteiger partial charge in [0.05, 0.1) is 0 Å². The molecule has 0 spiro atoms. The Morgan fingerprint density at radius 3 is 2.68 bits per heavy atom. The number of hydrogen-bond donors (Lipinski definition) is 1. The Morgan fingerprint density at radius 1 is 1.37 bits per heavy atom. The molecule has 96 valence electrons. The molecule has 0 fully saturated rings. The van der Waals surface area contributed by atoms with E-state index in [1.54, 1.807) is 6.92 Å². The highest BCUT2D eigenvalue weighted by Gasteiger charge is 2.50. The molecule has 1 aromatic heterocycles. The van der Waals surface area contributed by atoms with Crippen LogP contribution in [-0.4, -0.2) is 33.0 Å². The second-order valence-corrected chi connectivity index (χ2v) is 4.95. The van der Waals surface area contributed by atoms with Gasteiger partial charge in [-0.1, -0.05) is 0 Å². The minimum Gasteiger partial charge on any atom is -0.473 e. The Kier molecular flexibility index (Phi) is 2.32. The highest BCUT2D eigenvalue weighted by molar-refractivity contribution is 6.49. The molecule has 0 bridgehead atoms. The van der Waals surface area contributed by atoms with E-state index in [2.05, 4.69) is 0 Å². The molecule has 0 saturated heterocycles. The summed E-state index contributed by atoms with van der Waals surface area (Å²) in [5.41, 5.74) is 3.94. The molecule has 0 amide bonds. The third kappa shape index (κ3) is 1.46. The second kappa shape index (κ2) is 3.69. The first-order valence-electron chi connectivity index (χ1n) is 6.04. The van der Waals surface area contributed by atoms with E-state index in [1.807, 2.05) is 26.0 Å². The average Bonchev–Trinajstić information content (AvgIpc) is 2.80. The number of aliphatic carboxylic acids is 1. The lowest BCUT2D eigenvalue weighted by Gasteiger charge is -2.15. The Bertz CT molecular complexity index is 712. The molecule has 1 aromatic rings. The quantitative estimate of drug-likeness (QED) is 0.781. The van der Waals surface area contributed by atoms with E-state index in [0.717, 1.165) is 22.5 Å². The van der Waals surface area contributed by atoms with Crippen molar-refractivity contribution in [2.45, 2.75) is 20.8 Å². The molecule has 0 aromatic carbocycles. The number of fused-ring (bicyclic) bond motifs is 2. The van der Waals surface area contributed by atoms with Gasteiger partial charge in [0.15, 0.2) is 5.70 Å². The third-order valence-corrected chi connectivity index (χ3v) is 3.66. The normalized spacial score (nSPS) is 17.2. The van der Waals surface area contributed by atoms with Crippen LogP contribution in [0.5, 0.6) is 0 Å². The highest BCUT2D eigenvalue weighted by atomic mass is 19.1. The van der Waals surface area contributed by atoms with Crippen LogP contribution >= 0.6 is 0 Å². The van der Waals surface area contributed by atoms with Crippen LogP contribution in [-0.2, 0) is 4.79 Å². The molecule has 0 atom stereocenters. The zero-order valence-corrected chi connectivity index (χ0v) is 10.9. The smallest absolute Gasteiger partial charge is 0.473 e. The van der Waals surface area contributed by atoms with Crippen molar-refractivity contribution in [3.63, 3.8) is 0 Å². The van der Waals surface area contributed by atoms with Gasteiger partial charge in [-0.05, 0) is 32.4 Å². The highest BCUT2D eigenvalue weighted by Crippen LogP contribution is 2.31. The van der Waals surface area contributed by atoms with Crippen LogP contribution in [0.1, 0.15) is 23.9 Å². The average molecular weight is 259 g/mol. The van der Waals surface area contributed by atoms with E-state index >= 15 is 0 Å². The predicted molar refractivity (Wildman–Crippen MR) is 70.8 cm³/mol. The van der Waals surface area contributed by atoms with Gasteiger partial charge < -0.3 is 5.11 Å². The van der Waals surface area contributed by atoms with Gasteiger partial charge in [0.2, 0.25) is 0 Å². The molecular formula is C13H13BFN2O2+. The monoisotopic (exact) mass is 259 g/mol. The first-order valence-corrected chi connectivity index (χ1v) is 6.04. The number of nitrogens with zero attached hydrogens (tertiary/aromatic N) is 2. The number of carbonyl (C=O) groups is 1. The van der Waals surface area contributed by atoms with E-state index < -0.39 is 13.2 Å². The second-order valence-electron chi connectivity index (χ2n) is 4.95. The van der Waals surface area contributed by atoms with Crippen molar-refractivity contribution < 1.29 is 18.7 Å². The van der Waals surface area contributed by atoms with Crippen molar-refractivity contribution in [2.75, 3.05) is 0 Å². The number of hydrogen-bond acceptors (Lipinski definition) is 1. The van der Waals surface area contributed by atoms with Crippen molar-refractivity contribution in [2.24, 2.45) is 0 Å². The van der Waals surface area contributed by atoms with E-state index in [1.165, 1.54) is 15.0 Å². The van der Waals surface area contributed by atoms with Gasteiger partial charge >= 0.3 is 13.2 Å². The lowest BCUT2D eigenvalue weighted by molar-refractivity contribution is -0.336. The van der Waals surface area contributed by atoms with Gasteiger partial charge in [0.25, 0.3) is 5.71 Å². The maximum Gasteiger partial charge on any atom is 0.846 e. The number of rotatable bonds is 1. The summed E-state index contributed by atoms with van der Waals surface area (Å²) in [6, 6.07) is 1.90. The van der Waals surface area contributed by atoms with E-state index in [4.69, 9.17) is 0 Å². The van der Waals surface area contributed by atoms with Crippen LogP contribution in [0.25, 0.3) is 6.08 Å². The number of allylic oxidation sites excluding steroid dienone is 1. The summed E-state index contributed by atoms with van der Waals surface area (Å²) in [5, 5.41) is 9.18. The first-order chi connectivity index (χ1) is 8.91. The van der Waals surface area contributed by atoms with Crippen molar-refractivity contribution in [3.05, 3.63) is 40.4 Å². The summed E-state index contributed by atoms with van der Waals surface area (Å²) in [6.07, 6.45) is 3.36. The Hall–Kier alpha value is -2.11. The summed E-state index contributed by atoms with van der Waals surface area (Å²) in [7, 11) is -1.51. The van der Waals surface area contributed by atoms with Crippen LogP contribution in [0, 0.1) is 13.8 Å². The minimum absolute atomic E-state index is 0.0207. The van der Waals surface area contributed by atoms with Gasteiger partial charge in [-0.25, -0.2) is 13.6 Å². The van der Waals surface area contributed by atoms with Gasteiger partial charge in [0.1, 0.15) is 0 Å². The number of aromatic nitrogens is 1. The Balaban J connectivity index is 2.32. The largest absolute Gasteiger partial charge is 0.846 e. The Labute approximate surface area is 110 Å². The zero-order valence-electron chi connectivity index (χ0n) is 10.9. The molecule has 0 aliphatic carbocycles. The fourth-order valence-electron chi connectivity index (χ4n) is 2.79. The summed E-state index contributed by atoms with van der Waals surface area (Å²) in [4.78, 5) is 11.2. The van der Waals surface area contributed by atoms with Gasteiger partial charge in [-0.3, -0.25) is 4.48 Å². The minimum atomic E-state index is -1.51. The van der Waals surface area contributed by atoms with Gasteiger partial charge in [0, 0.05) is 29.1 Å². The molecule has 4 nitrogen and oxygen atoms in total. The lowest BCUT2D eigenvalue weighted by atomic mass is 9.95. The SMILES string of the molecule is CC1=CC(C(=O)O)=[N+]2B(F)n3c(C)cc(C)c3C=C12. The summed E-state index contributed by atoms with van der Waals surface area (Å²) in [5.74, 6) is -1.12. The first kappa shape index (κ1) is 12.0. The maximum absolute atomic E-state index is 14.7. The molecule has 19 heavy (non-hydrogen) atoms. The number of carboxylic acids is 1. The number of halogens is 1. The maximum atomic E-state index is 14.7. The van der Waals surface area contributed by atoms with Gasteiger partial charge in [-0.15, -0.1) is 0 Å². The fraction of sp³-hybridized carbons (Fsp3) is 0.231. The summed E-state index contributed by atoms with van der Waals surface area (Å²) >= 11 is 0. The molecule has 0 saturated carbocycles. The predicted octanol–water partition coefficient (Wildman–Crippen LogP) is 1.76. The molecule has 3 heterocycles. The molecule has 0 unspecified atom stereocenters. The molecule has 2 aliphatic heterocycles. The lowest BCUT2D eigenvalue weighted by Crippen LogP contribution is -2.41. The molecule has 1 N–H and O–H groups in total. The van der Waals surface area contributed by atoms with Crippen LogP contribution in [0.2, 0.25) is 0 Å². The molecule has 0 radical (unpaired) electrons. The summed E-state index contributed by atoms with van der Waals surface area (Å²) < 4.78 is 17.5. The zero-order chi connectivity index (χ0) is 13.9. The number of carboxylic acid groups (broad SMARTS) is 1. The van der Waals surface area contributed by atoms with E-state index in [-0.39, 0.29) is 5.71 Å². The number of aryl methyl sites for hydroxylation is 2. The molecular weight excluding hydrogens is 246 g/mol. The molecule has 3 rings (SSSR count). The van der Waals surface area contributed by atoms with Crippen molar-refractivity contribution in [1.82, 2.24) is 4.48 Å². The van der Waals surface area contributed by atoms with E-state index in [0.29, 0.717) is 5.70 Å². The van der Waals surface area contributed by atoms with Crippen LogP contribution in [0.15, 0.2) is 23.4 Å². The molecule has 6 heteroatoms. The van der Waals surface area contributed by atoms with Crippen molar-refractivity contribution in [1.29, 1.82) is 0 Å².